The van der Waals surface area contributed by atoms with Crippen molar-refractivity contribution in [3.63, 3.8) is 0 Å². The molecule has 146 valence electrons. The third-order valence-electron chi connectivity index (χ3n) is 5.65. The van der Waals surface area contributed by atoms with Gasteiger partial charge in [0.1, 0.15) is 0 Å². The molecular formula is C27H28P2. The van der Waals surface area contributed by atoms with Crippen LogP contribution < -0.4 is 26.5 Å². The van der Waals surface area contributed by atoms with Gasteiger partial charge in [-0.25, -0.2) is 0 Å². The Morgan fingerprint density at radius 1 is 0.483 bits per heavy atom. The van der Waals surface area contributed by atoms with Crippen LogP contribution in [-0.2, 0) is 0 Å². The maximum absolute atomic E-state index is 2.49. The fourth-order valence-corrected chi connectivity index (χ4v) is 10.6. The van der Waals surface area contributed by atoms with Crippen LogP contribution in [0.5, 0.6) is 0 Å². The molecule has 0 N–H and O–H groups in total. The molecule has 0 saturated heterocycles. The summed E-state index contributed by atoms with van der Waals surface area (Å²) in [5, 5.41) is 7.27. The Hall–Kier alpha value is -2.26. The van der Waals surface area contributed by atoms with Gasteiger partial charge in [0.15, 0.2) is 0 Å². The average Bonchev–Trinajstić information content (AvgIpc) is 2.76. The molecule has 0 aromatic heterocycles. The second-order valence-corrected chi connectivity index (χ2v) is 17.4. The zero-order valence-electron chi connectivity index (χ0n) is 17.4. The van der Waals surface area contributed by atoms with Crippen LogP contribution in [0.3, 0.4) is 0 Å². The molecule has 0 heterocycles. The summed E-state index contributed by atoms with van der Waals surface area (Å²) in [6, 6.07) is 42.2. The molecule has 2 heteroatoms. The van der Waals surface area contributed by atoms with Gasteiger partial charge in [-0.15, -0.1) is 0 Å². The predicted molar refractivity (Wildman–Crippen MR) is 136 cm³/mol. The fraction of sp³-hybridized carbons (Fsp3) is 0.111. The van der Waals surface area contributed by atoms with E-state index >= 15 is 0 Å². The summed E-state index contributed by atoms with van der Waals surface area (Å²) in [4.78, 5) is 0. The topological polar surface area (TPSA) is 0 Å². The van der Waals surface area contributed by atoms with E-state index in [2.05, 4.69) is 135 Å². The molecule has 0 fully saturated rings. The summed E-state index contributed by atoms with van der Waals surface area (Å²) in [6.45, 7) is 5.16. The van der Waals surface area contributed by atoms with Crippen molar-refractivity contribution in [1.29, 1.82) is 0 Å². The van der Waals surface area contributed by atoms with Crippen molar-refractivity contribution in [1.82, 2.24) is 0 Å². The number of hydrogen-bond acceptors (Lipinski definition) is 0. The summed E-state index contributed by atoms with van der Waals surface area (Å²) >= 11 is 0. The molecule has 0 aliphatic rings. The van der Waals surface area contributed by atoms with E-state index in [1.807, 2.05) is 0 Å². The van der Waals surface area contributed by atoms with Gasteiger partial charge in [0, 0.05) is 0 Å². The fourth-order valence-electron chi connectivity index (χ4n) is 3.99. The van der Waals surface area contributed by atoms with Gasteiger partial charge < -0.3 is 0 Å². The average molecular weight is 414 g/mol. The van der Waals surface area contributed by atoms with E-state index in [1.54, 1.807) is 0 Å². The van der Waals surface area contributed by atoms with Crippen LogP contribution in [0.15, 0.2) is 115 Å². The maximum atomic E-state index is 2.49. The molecule has 29 heavy (non-hydrogen) atoms. The minimum atomic E-state index is -2.31. The van der Waals surface area contributed by atoms with Crippen molar-refractivity contribution < 1.29 is 0 Å². The summed E-state index contributed by atoms with van der Waals surface area (Å²) in [5.41, 5.74) is 0. The van der Waals surface area contributed by atoms with Gasteiger partial charge in [0.25, 0.3) is 0 Å². The SMILES string of the molecule is CP(C)(C)(c1ccccc1)c1ccccc1P(c1ccccc1)c1ccccc1. The first-order valence-electron chi connectivity index (χ1n) is 10.0. The Labute approximate surface area is 176 Å². The second-order valence-electron chi connectivity index (χ2n) is 8.63. The van der Waals surface area contributed by atoms with Crippen LogP contribution in [0.2, 0.25) is 0 Å². The van der Waals surface area contributed by atoms with E-state index in [0.29, 0.717) is 0 Å². The summed E-state index contributed by atoms with van der Waals surface area (Å²) in [6.07, 6.45) is 0. The molecule has 0 atom stereocenters. The third-order valence-corrected chi connectivity index (χ3v) is 12.5. The van der Waals surface area contributed by atoms with Crippen LogP contribution in [0.4, 0.5) is 0 Å². The van der Waals surface area contributed by atoms with E-state index in [4.69, 9.17) is 0 Å². The van der Waals surface area contributed by atoms with Gasteiger partial charge >= 0.3 is 176 Å². The standard InChI is InChI=1S/C27H28P2/c1-29(2,3,25-19-11-6-12-20-25)27-22-14-13-21-26(27)28(23-15-7-4-8-16-23)24-17-9-5-10-18-24/h4-22H,1-3H3. The van der Waals surface area contributed by atoms with Gasteiger partial charge in [-0.3, -0.25) is 0 Å². The van der Waals surface area contributed by atoms with E-state index in [-0.39, 0.29) is 0 Å². The Balaban J connectivity index is 1.98. The Bertz CT molecular complexity index is 1040. The summed E-state index contributed by atoms with van der Waals surface area (Å²) in [5.74, 6) is 0. The normalized spacial score (nSPS) is 13.0. The Kier molecular flexibility index (Phi) is 5.44. The Morgan fingerprint density at radius 3 is 1.41 bits per heavy atom. The molecule has 0 saturated carbocycles. The molecule has 0 nitrogen and oxygen atoms in total. The molecule has 4 aromatic rings. The number of rotatable bonds is 5. The first-order chi connectivity index (χ1) is 14.0. The number of benzene rings is 4. The predicted octanol–water partition coefficient (Wildman–Crippen LogP) is 4.84. The molecule has 0 bridgehead atoms. The van der Waals surface area contributed by atoms with Crippen LogP contribution in [0.25, 0.3) is 0 Å². The molecule has 0 spiro atoms. The zero-order chi connectivity index (χ0) is 20.3. The van der Waals surface area contributed by atoms with Crippen molar-refractivity contribution in [3.8, 4) is 0 Å². The first-order valence-corrected chi connectivity index (χ1v) is 14.9. The second kappa shape index (κ2) is 7.87. The van der Waals surface area contributed by atoms with Gasteiger partial charge in [0.2, 0.25) is 0 Å². The van der Waals surface area contributed by atoms with E-state index < -0.39 is 14.5 Å². The van der Waals surface area contributed by atoms with Gasteiger partial charge in [-0.2, -0.15) is 0 Å². The van der Waals surface area contributed by atoms with E-state index in [9.17, 15) is 0 Å². The van der Waals surface area contributed by atoms with E-state index in [0.717, 1.165) is 0 Å². The van der Waals surface area contributed by atoms with Crippen molar-refractivity contribution in [2.24, 2.45) is 0 Å². The monoisotopic (exact) mass is 414 g/mol. The molecule has 0 aliphatic carbocycles. The molecule has 0 unspecified atom stereocenters. The minimum absolute atomic E-state index is 0.621. The van der Waals surface area contributed by atoms with Crippen LogP contribution in [0, 0.1) is 0 Å². The van der Waals surface area contributed by atoms with Gasteiger partial charge in [-0.1, -0.05) is 0 Å². The number of hydrogen-bond donors (Lipinski definition) is 0. The van der Waals surface area contributed by atoms with Crippen LogP contribution >= 0.6 is 14.5 Å². The molecule has 4 rings (SSSR count). The molecule has 0 amide bonds. The van der Waals surface area contributed by atoms with Crippen molar-refractivity contribution in [2.45, 2.75) is 0 Å². The summed E-state index contributed by atoms with van der Waals surface area (Å²) in [7, 11) is -0.621. The zero-order valence-corrected chi connectivity index (χ0v) is 19.2. The van der Waals surface area contributed by atoms with E-state index in [1.165, 1.54) is 26.5 Å². The van der Waals surface area contributed by atoms with Crippen LogP contribution in [0.1, 0.15) is 0 Å². The summed E-state index contributed by atoms with van der Waals surface area (Å²) < 4.78 is 0. The van der Waals surface area contributed by atoms with Gasteiger partial charge in [0.05, 0.1) is 0 Å². The third kappa shape index (κ3) is 3.93. The molecular weight excluding hydrogens is 386 g/mol. The Morgan fingerprint density at radius 2 is 0.897 bits per heavy atom. The van der Waals surface area contributed by atoms with Gasteiger partial charge in [-0.05, 0) is 0 Å². The van der Waals surface area contributed by atoms with Crippen molar-refractivity contribution >= 4 is 41.0 Å². The quantitative estimate of drug-likeness (QED) is 0.410. The van der Waals surface area contributed by atoms with Crippen molar-refractivity contribution in [2.75, 3.05) is 20.0 Å². The van der Waals surface area contributed by atoms with Crippen LogP contribution in [-0.4, -0.2) is 20.0 Å². The molecule has 0 radical (unpaired) electrons. The van der Waals surface area contributed by atoms with Crippen molar-refractivity contribution in [3.05, 3.63) is 115 Å². The molecule has 4 aromatic carbocycles. The first kappa shape index (κ1) is 20.0. The molecule has 0 aliphatic heterocycles.